The number of aromatic nitrogens is 2. The van der Waals surface area contributed by atoms with Crippen LogP contribution in [0.25, 0.3) is 0 Å². The summed E-state index contributed by atoms with van der Waals surface area (Å²) in [6, 6.07) is 1.96. The summed E-state index contributed by atoms with van der Waals surface area (Å²) >= 11 is 0. The molecule has 1 aliphatic heterocycles. The van der Waals surface area contributed by atoms with Gasteiger partial charge in [-0.05, 0) is 32.4 Å². The summed E-state index contributed by atoms with van der Waals surface area (Å²) in [5.41, 5.74) is 2.02. The molecular formula is C12H20N4O2S. The Morgan fingerprint density at radius 1 is 1.37 bits per heavy atom. The van der Waals surface area contributed by atoms with E-state index in [0.29, 0.717) is 19.0 Å². The quantitative estimate of drug-likeness (QED) is 0.865. The van der Waals surface area contributed by atoms with Gasteiger partial charge in [0.2, 0.25) is 10.0 Å². The average molecular weight is 284 g/mol. The molecule has 0 aromatic carbocycles. The van der Waals surface area contributed by atoms with E-state index in [1.165, 1.54) is 4.31 Å². The molecule has 0 bridgehead atoms. The zero-order chi connectivity index (χ0) is 14.0. The van der Waals surface area contributed by atoms with Crippen LogP contribution in [0.15, 0.2) is 6.07 Å². The van der Waals surface area contributed by atoms with E-state index in [-0.39, 0.29) is 5.75 Å². The van der Waals surface area contributed by atoms with Crippen molar-refractivity contribution in [2.45, 2.75) is 20.8 Å². The topological polar surface area (TPSA) is 75.2 Å². The summed E-state index contributed by atoms with van der Waals surface area (Å²) in [5.74, 6) is 1.28. The van der Waals surface area contributed by atoms with E-state index in [9.17, 15) is 8.42 Å². The minimum atomic E-state index is -3.01. The molecule has 106 valence electrons. The molecule has 0 saturated carbocycles. The highest BCUT2D eigenvalue weighted by Gasteiger charge is 2.34. The van der Waals surface area contributed by atoms with Crippen molar-refractivity contribution in [1.29, 1.82) is 0 Å². The molecule has 1 N–H and O–H groups in total. The van der Waals surface area contributed by atoms with E-state index < -0.39 is 10.0 Å². The maximum Gasteiger partial charge on any atom is 0.213 e. The number of sulfonamides is 1. The highest BCUT2D eigenvalue weighted by atomic mass is 32.2. The number of hydrogen-bond donors (Lipinski definition) is 1. The highest BCUT2D eigenvalue weighted by Crippen LogP contribution is 2.20. The number of aryl methyl sites for hydroxylation is 2. The number of nitrogens with zero attached hydrogens (tertiary/aromatic N) is 3. The van der Waals surface area contributed by atoms with Crippen LogP contribution in [0.5, 0.6) is 0 Å². The molecule has 6 nitrogen and oxygen atoms in total. The first-order chi connectivity index (χ1) is 8.92. The van der Waals surface area contributed by atoms with Gasteiger partial charge in [-0.15, -0.1) is 5.10 Å². The Kier molecular flexibility index (Phi) is 4.05. The Hall–Kier alpha value is -1.21. The van der Waals surface area contributed by atoms with Gasteiger partial charge < -0.3 is 5.32 Å². The lowest BCUT2D eigenvalue weighted by molar-refractivity contribution is 0.212. The molecule has 7 heteroatoms. The van der Waals surface area contributed by atoms with Gasteiger partial charge in [-0.1, -0.05) is 0 Å². The summed E-state index contributed by atoms with van der Waals surface area (Å²) in [6.45, 7) is 7.51. The molecule has 1 fully saturated rings. The predicted molar refractivity (Wildman–Crippen MR) is 74.5 cm³/mol. The fraction of sp³-hybridized carbons (Fsp3) is 0.667. The average Bonchev–Trinajstić information content (AvgIpc) is 2.31. The van der Waals surface area contributed by atoms with Gasteiger partial charge in [0.1, 0.15) is 5.82 Å². The number of anilines is 1. The Labute approximate surface area is 114 Å². The fourth-order valence-corrected chi connectivity index (χ4v) is 3.18. The first-order valence-corrected chi connectivity index (χ1v) is 8.06. The van der Waals surface area contributed by atoms with Crippen LogP contribution in [0, 0.1) is 19.8 Å². The second-order valence-electron chi connectivity index (χ2n) is 4.96. The molecule has 0 spiro atoms. The lowest BCUT2D eigenvalue weighted by Crippen LogP contribution is -2.52. The molecule has 0 unspecified atom stereocenters. The van der Waals surface area contributed by atoms with E-state index in [0.717, 1.165) is 23.6 Å². The summed E-state index contributed by atoms with van der Waals surface area (Å²) in [7, 11) is -3.01. The van der Waals surface area contributed by atoms with Crippen LogP contribution in [-0.2, 0) is 10.0 Å². The maximum absolute atomic E-state index is 11.6. The number of rotatable bonds is 5. The molecule has 1 aliphatic rings. The van der Waals surface area contributed by atoms with Crippen LogP contribution in [0.4, 0.5) is 5.82 Å². The van der Waals surface area contributed by atoms with Crippen molar-refractivity contribution in [3.63, 3.8) is 0 Å². The molecule has 0 atom stereocenters. The number of hydrogen-bond acceptors (Lipinski definition) is 5. The van der Waals surface area contributed by atoms with Crippen LogP contribution < -0.4 is 5.32 Å². The van der Waals surface area contributed by atoms with Gasteiger partial charge in [-0.3, -0.25) is 0 Å². The SMILES string of the molecule is CCS(=O)(=O)N1CC(CNc2cc(C)c(C)nn2)C1. The zero-order valence-electron chi connectivity index (χ0n) is 11.5. The monoisotopic (exact) mass is 284 g/mol. The Morgan fingerprint density at radius 2 is 2.05 bits per heavy atom. The van der Waals surface area contributed by atoms with E-state index in [2.05, 4.69) is 15.5 Å². The molecule has 0 radical (unpaired) electrons. The van der Waals surface area contributed by atoms with Crippen LogP contribution in [-0.4, -0.2) is 48.3 Å². The van der Waals surface area contributed by atoms with Gasteiger partial charge in [0, 0.05) is 25.6 Å². The van der Waals surface area contributed by atoms with Gasteiger partial charge in [0.15, 0.2) is 0 Å². The van der Waals surface area contributed by atoms with Gasteiger partial charge >= 0.3 is 0 Å². The maximum atomic E-state index is 11.6. The Morgan fingerprint density at radius 3 is 2.63 bits per heavy atom. The van der Waals surface area contributed by atoms with Crippen molar-refractivity contribution >= 4 is 15.8 Å². The normalized spacial score (nSPS) is 17.2. The first kappa shape index (κ1) is 14.2. The van der Waals surface area contributed by atoms with Crippen LogP contribution in [0.3, 0.4) is 0 Å². The van der Waals surface area contributed by atoms with E-state index in [1.807, 2.05) is 19.9 Å². The molecule has 0 aliphatic carbocycles. The predicted octanol–water partition coefficient (Wildman–Crippen LogP) is 0.787. The van der Waals surface area contributed by atoms with Crippen LogP contribution >= 0.6 is 0 Å². The third-order valence-electron chi connectivity index (χ3n) is 3.49. The minimum Gasteiger partial charge on any atom is -0.368 e. The van der Waals surface area contributed by atoms with Crippen molar-refractivity contribution in [1.82, 2.24) is 14.5 Å². The van der Waals surface area contributed by atoms with Crippen molar-refractivity contribution in [3.8, 4) is 0 Å². The molecule has 19 heavy (non-hydrogen) atoms. The lowest BCUT2D eigenvalue weighted by Gasteiger charge is -2.37. The molecule has 2 rings (SSSR count). The zero-order valence-corrected chi connectivity index (χ0v) is 12.4. The largest absolute Gasteiger partial charge is 0.368 e. The van der Waals surface area contributed by atoms with Gasteiger partial charge in [0.25, 0.3) is 0 Å². The summed E-state index contributed by atoms with van der Waals surface area (Å²) in [6.07, 6.45) is 0. The highest BCUT2D eigenvalue weighted by molar-refractivity contribution is 7.89. The van der Waals surface area contributed by atoms with E-state index in [4.69, 9.17) is 0 Å². The van der Waals surface area contributed by atoms with Crippen molar-refractivity contribution in [2.75, 3.05) is 30.7 Å². The molecule has 1 saturated heterocycles. The van der Waals surface area contributed by atoms with Crippen LogP contribution in [0.2, 0.25) is 0 Å². The van der Waals surface area contributed by atoms with Crippen molar-refractivity contribution < 1.29 is 8.42 Å². The lowest BCUT2D eigenvalue weighted by atomic mass is 10.0. The van der Waals surface area contributed by atoms with Crippen molar-refractivity contribution in [3.05, 3.63) is 17.3 Å². The molecule has 1 aromatic rings. The first-order valence-electron chi connectivity index (χ1n) is 6.45. The second kappa shape index (κ2) is 5.42. The van der Waals surface area contributed by atoms with Gasteiger partial charge in [-0.2, -0.15) is 5.10 Å². The molecule has 1 aromatic heterocycles. The Bertz CT molecular complexity index is 553. The molecule has 2 heterocycles. The Balaban J connectivity index is 1.81. The minimum absolute atomic E-state index is 0.176. The summed E-state index contributed by atoms with van der Waals surface area (Å²) in [5, 5.41) is 11.3. The smallest absolute Gasteiger partial charge is 0.213 e. The van der Waals surface area contributed by atoms with E-state index >= 15 is 0 Å². The molecular weight excluding hydrogens is 264 g/mol. The fourth-order valence-electron chi connectivity index (χ4n) is 1.94. The van der Waals surface area contributed by atoms with Crippen molar-refractivity contribution in [2.24, 2.45) is 5.92 Å². The van der Waals surface area contributed by atoms with Crippen LogP contribution in [0.1, 0.15) is 18.2 Å². The van der Waals surface area contributed by atoms with Gasteiger partial charge in [0.05, 0.1) is 11.4 Å². The third kappa shape index (κ3) is 3.22. The molecule has 0 amide bonds. The third-order valence-corrected chi connectivity index (χ3v) is 5.30. The summed E-state index contributed by atoms with van der Waals surface area (Å²) in [4.78, 5) is 0. The summed E-state index contributed by atoms with van der Waals surface area (Å²) < 4.78 is 24.7. The van der Waals surface area contributed by atoms with Gasteiger partial charge in [-0.25, -0.2) is 12.7 Å². The number of nitrogens with one attached hydrogen (secondary N) is 1. The standard InChI is InChI=1S/C12H20N4O2S/c1-4-19(17,18)16-7-11(8-16)6-13-12-5-9(2)10(3)14-15-12/h5,11H,4,6-8H2,1-3H3,(H,13,15). The second-order valence-corrected chi connectivity index (χ2v) is 7.22. The van der Waals surface area contributed by atoms with E-state index in [1.54, 1.807) is 6.92 Å².